The van der Waals surface area contributed by atoms with E-state index in [1.165, 1.54) is 11.1 Å². The Kier molecular flexibility index (Phi) is 5.08. The maximum atomic E-state index is 6.38. The molecule has 0 radical (unpaired) electrons. The number of halogens is 1. The van der Waals surface area contributed by atoms with Gasteiger partial charge in [-0.05, 0) is 43.2 Å². The van der Waals surface area contributed by atoms with E-state index in [0.29, 0.717) is 5.02 Å². The van der Waals surface area contributed by atoms with Gasteiger partial charge in [-0.1, -0.05) is 65.7 Å². The van der Waals surface area contributed by atoms with Gasteiger partial charge in [0.05, 0.1) is 10.4 Å². The van der Waals surface area contributed by atoms with Crippen LogP contribution in [0.3, 0.4) is 0 Å². The van der Waals surface area contributed by atoms with E-state index in [4.69, 9.17) is 21.0 Å². The normalized spacial score (nSPS) is 11.9. The molecule has 0 bridgehead atoms. The minimum atomic E-state index is 0.669. The summed E-state index contributed by atoms with van der Waals surface area (Å²) < 4.78 is 6.14. The van der Waals surface area contributed by atoms with Crippen LogP contribution in [0, 0.1) is 6.92 Å². The lowest BCUT2D eigenvalue weighted by molar-refractivity contribution is 0.618. The van der Waals surface area contributed by atoms with Gasteiger partial charge in [-0.25, -0.2) is 0 Å². The predicted octanol–water partition coefficient (Wildman–Crippen LogP) is 6.21. The Morgan fingerprint density at radius 2 is 1.67 bits per heavy atom. The van der Waals surface area contributed by atoms with E-state index in [0.717, 1.165) is 40.6 Å². The maximum Gasteiger partial charge on any atom is 0.138 e. The van der Waals surface area contributed by atoms with E-state index in [1.807, 2.05) is 42.5 Å². The second-order valence-corrected chi connectivity index (χ2v) is 7.00. The highest BCUT2D eigenvalue weighted by Crippen LogP contribution is 2.28. The van der Waals surface area contributed by atoms with Gasteiger partial charge < -0.3 is 4.42 Å². The van der Waals surface area contributed by atoms with E-state index < -0.39 is 0 Å². The average molecular weight is 374 g/mol. The van der Waals surface area contributed by atoms with Gasteiger partial charge in [0.2, 0.25) is 0 Å². The van der Waals surface area contributed by atoms with Crippen LogP contribution >= 0.6 is 11.6 Å². The van der Waals surface area contributed by atoms with Gasteiger partial charge >= 0.3 is 0 Å². The molecule has 134 valence electrons. The van der Waals surface area contributed by atoms with E-state index >= 15 is 0 Å². The monoisotopic (exact) mass is 373 g/mol. The fourth-order valence-electron chi connectivity index (χ4n) is 3.16. The third-order valence-electron chi connectivity index (χ3n) is 4.56. The minimum absolute atomic E-state index is 0.669. The summed E-state index contributed by atoms with van der Waals surface area (Å²) in [5.74, 6) is 0.732. The van der Waals surface area contributed by atoms with Crippen molar-refractivity contribution < 1.29 is 4.42 Å². The van der Waals surface area contributed by atoms with Crippen molar-refractivity contribution >= 4 is 22.6 Å². The molecule has 0 saturated carbocycles. The van der Waals surface area contributed by atoms with E-state index in [2.05, 4.69) is 43.3 Å². The van der Waals surface area contributed by atoms with Crippen LogP contribution in [0.25, 0.3) is 22.3 Å². The number of nitrogens with zero attached hydrogens (tertiary/aromatic N) is 1. The molecule has 0 N–H and O–H groups in total. The van der Waals surface area contributed by atoms with Gasteiger partial charge in [-0.2, -0.15) is 0 Å². The molecule has 0 aliphatic carbocycles. The first-order valence-corrected chi connectivity index (χ1v) is 9.42. The molecule has 0 amide bonds. The molecule has 3 aromatic carbocycles. The van der Waals surface area contributed by atoms with Crippen molar-refractivity contribution in [2.45, 2.75) is 13.3 Å². The summed E-state index contributed by atoms with van der Waals surface area (Å²) in [7, 11) is 0. The van der Waals surface area contributed by atoms with Gasteiger partial charge in [0.25, 0.3) is 0 Å². The minimum Gasteiger partial charge on any atom is -0.456 e. The van der Waals surface area contributed by atoms with Gasteiger partial charge in [0.1, 0.15) is 11.3 Å². The Morgan fingerprint density at radius 3 is 2.48 bits per heavy atom. The van der Waals surface area contributed by atoms with Crippen LogP contribution in [0.1, 0.15) is 11.1 Å². The first-order chi connectivity index (χ1) is 13.2. The number of benzene rings is 3. The molecule has 0 aliphatic heterocycles. The number of hydrogen-bond donors (Lipinski definition) is 0. The van der Waals surface area contributed by atoms with Crippen LogP contribution in [0.4, 0.5) is 0 Å². The Morgan fingerprint density at radius 1 is 0.889 bits per heavy atom. The lowest BCUT2D eigenvalue weighted by Crippen LogP contribution is -2.06. The molecule has 0 saturated heterocycles. The van der Waals surface area contributed by atoms with Crippen molar-refractivity contribution in [2.24, 2.45) is 4.99 Å². The molecule has 0 unspecified atom stereocenters. The molecule has 0 spiro atoms. The fourth-order valence-corrected chi connectivity index (χ4v) is 3.39. The Labute approximate surface area is 163 Å². The molecule has 0 fully saturated rings. The van der Waals surface area contributed by atoms with Crippen molar-refractivity contribution in [3.8, 4) is 11.3 Å². The molecule has 2 nitrogen and oxygen atoms in total. The lowest BCUT2D eigenvalue weighted by Gasteiger charge is -2.07. The van der Waals surface area contributed by atoms with Crippen molar-refractivity contribution in [1.82, 2.24) is 0 Å². The van der Waals surface area contributed by atoms with Crippen LogP contribution in [0.2, 0.25) is 5.02 Å². The van der Waals surface area contributed by atoms with E-state index in [1.54, 1.807) is 0 Å². The van der Waals surface area contributed by atoms with Gasteiger partial charge in [0, 0.05) is 23.6 Å². The Bertz CT molecular complexity index is 1150. The highest BCUT2D eigenvalue weighted by atomic mass is 35.5. The molecular formula is C24H20ClNO. The summed E-state index contributed by atoms with van der Waals surface area (Å²) >= 11 is 6.38. The molecule has 4 rings (SSSR count). The molecule has 0 atom stereocenters. The smallest absolute Gasteiger partial charge is 0.138 e. The summed E-state index contributed by atoms with van der Waals surface area (Å²) in [4.78, 5) is 4.88. The number of hydrogen-bond acceptors (Lipinski definition) is 2. The third kappa shape index (κ3) is 3.96. The molecule has 1 aromatic heterocycles. The van der Waals surface area contributed by atoms with E-state index in [9.17, 15) is 0 Å². The standard InChI is InChI=1S/C24H20ClNO/c1-17-11-12-23-20(15-17)22(26-14-13-18-7-3-2-4-8-18)16-24(27-23)19-9-5-6-10-21(19)25/h2-12,15-16H,13-14H2,1H3. The first kappa shape index (κ1) is 17.6. The second-order valence-electron chi connectivity index (χ2n) is 6.59. The second kappa shape index (κ2) is 7.81. The third-order valence-corrected chi connectivity index (χ3v) is 4.89. The van der Waals surface area contributed by atoms with Crippen LogP contribution in [-0.2, 0) is 6.42 Å². The van der Waals surface area contributed by atoms with Crippen molar-refractivity contribution in [2.75, 3.05) is 6.54 Å². The molecule has 27 heavy (non-hydrogen) atoms. The van der Waals surface area contributed by atoms with Gasteiger partial charge in [-0.3, -0.25) is 4.99 Å². The fraction of sp³-hybridized carbons (Fsp3) is 0.125. The molecular weight excluding hydrogens is 354 g/mol. The van der Waals surface area contributed by atoms with Crippen LogP contribution in [-0.4, -0.2) is 6.54 Å². The average Bonchev–Trinajstić information content (AvgIpc) is 2.69. The van der Waals surface area contributed by atoms with Crippen molar-refractivity contribution in [3.63, 3.8) is 0 Å². The zero-order valence-corrected chi connectivity index (χ0v) is 15.9. The SMILES string of the molecule is Cc1ccc2oc(-c3ccccc3Cl)cc(=NCCc3ccccc3)c2c1. The Balaban J connectivity index is 1.80. The largest absolute Gasteiger partial charge is 0.456 e. The van der Waals surface area contributed by atoms with Gasteiger partial charge in [-0.15, -0.1) is 0 Å². The number of rotatable bonds is 4. The van der Waals surface area contributed by atoms with Gasteiger partial charge in [0.15, 0.2) is 0 Å². The number of aryl methyl sites for hydroxylation is 1. The highest BCUT2D eigenvalue weighted by molar-refractivity contribution is 6.33. The van der Waals surface area contributed by atoms with Crippen LogP contribution in [0.15, 0.2) is 88.3 Å². The zero-order chi connectivity index (χ0) is 18.6. The first-order valence-electron chi connectivity index (χ1n) is 9.04. The summed E-state index contributed by atoms with van der Waals surface area (Å²) in [5, 5.41) is 2.63. The predicted molar refractivity (Wildman–Crippen MR) is 112 cm³/mol. The molecule has 0 aliphatic rings. The van der Waals surface area contributed by atoms with Crippen LogP contribution < -0.4 is 5.36 Å². The summed E-state index contributed by atoms with van der Waals surface area (Å²) in [6, 6.07) is 26.3. The Hall–Kier alpha value is -2.84. The molecule has 1 heterocycles. The topological polar surface area (TPSA) is 25.5 Å². The van der Waals surface area contributed by atoms with Crippen molar-refractivity contribution in [1.29, 1.82) is 0 Å². The molecule has 4 aromatic rings. The van der Waals surface area contributed by atoms with E-state index in [-0.39, 0.29) is 0 Å². The quantitative estimate of drug-likeness (QED) is 0.417. The highest BCUT2D eigenvalue weighted by Gasteiger charge is 2.09. The van der Waals surface area contributed by atoms with Crippen LogP contribution in [0.5, 0.6) is 0 Å². The maximum absolute atomic E-state index is 6.38. The summed E-state index contributed by atoms with van der Waals surface area (Å²) in [6.07, 6.45) is 0.904. The zero-order valence-electron chi connectivity index (χ0n) is 15.2. The van der Waals surface area contributed by atoms with Crippen molar-refractivity contribution in [3.05, 3.63) is 100 Å². The number of fused-ring (bicyclic) bond motifs is 1. The summed E-state index contributed by atoms with van der Waals surface area (Å²) in [6.45, 7) is 2.80. The summed E-state index contributed by atoms with van der Waals surface area (Å²) in [5.41, 5.74) is 4.16. The lowest BCUT2D eigenvalue weighted by atomic mass is 10.1. The molecule has 3 heteroatoms.